The minimum absolute atomic E-state index is 0.706. The Bertz CT molecular complexity index is 152. The standard InChI is InChI=1S/C5H7ClN2S/c6-3-1-2-5-4-7-9-8-5/h4H,1-3H2. The first-order chi connectivity index (χ1) is 4.43. The van der Waals surface area contributed by atoms with E-state index in [-0.39, 0.29) is 0 Å². The number of aromatic nitrogens is 2. The zero-order chi connectivity index (χ0) is 6.53. The summed E-state index contributed by atoms with van der Waals surface area (Å²) in [7, 11) is 0. The van der Waals surface area contributed by atoms with Crippen molar-refractivity contribution in [2.75, 3.05) is 5.88 Å². The molecule has 0 N–H and O–H groups in total. The number of hydrogen-bond donors (Lipinski definition) is 0. The van der Waals surface area contributed by atoms with E-state index in [4.69, 9.17) is 11.6 Å². The van der Waals surface area contributed by atoms with Crippen LogP contribution in [0.3, 0.4) is 0 Å². The quantitative estimate of drug-likeness (QED) is 0.633. The Labute approximate surface area is 63.2 Å². The fraction of sp³-hybridized carbons (Fsp3) is 0.600. The van der Waals surface area contributed by atoms with E-state index in [0.717, 1.165) is 18.5 Å². The van der Waals surface area contributed by atoms with Gasteiger partial charge < -0.3 is 0 Å². The van der Waals surface area contributed by atoms with Crippen LogP contribution < -0.4 is 0 Å². The summed E-state index contributed by atoms with van der Waals surface area (Å²) in [6.07, 6.45) is 3.74. The van der Waals surface area contributed by atoms with Gasteiger partial charge in [0.1, 0.15) is 0 Å². The van der Waals surface area contributed by atoms with Crippen LogP contribution >= 0.6 is 23.3 Å². The Kier molecular flexibility index (Phi) is 2.94. The van der Waals surface area contributed by atoms with Crippen LogP contribution in [0.1, 0.15) is 12.1 Å². The lowest BCUT2D eigenvalue weighted by Crippen LogP contribution is -1.84. The molecule has 2 nitrogen and oxygen atoms in total. The van der Waals surface area contributed by atoms with Gasteiger partial charge in [0, 0.05) is 5.88 Å². The van der Waals surface area contributed by atoms with Crippen molar-refractivity contribution in [3.63, 3.8) is 0 Å². The van der Waals surface area contributed by atoms with Crippen LogP contribution in [0.5, 0.6) is 0 Å². The van der Waals surface area contributed by atoms with E-state index in [1.165, 1.54) is 11.7 Å². The number of nitrogens with zero attached hydrogens (tertiary/aromatic N) is 2. The highest BCUT2D eigenvalue weighted by Crippen LogP contribution is 1.99. The van der Waals surface area contributed by atoms with Crippen molar-refractivity contribution in [1.82, 2.24) is 8.75 Å². The first-order valence-corrected chi connectivity index (χ1v) is 4.02. The van der Waals surface area contributed by atoms with Crippen molar-refractivity contribution in [3.8, 4) is 0 Å². The van der Waals surface area contributed by atoms with E-state index in [0.29, 0.717) is 5.88 Å². The predicted molar refractivity (Wildman–Crippen MR) is 39.0 cm³/mol. The average Bonchev–Trinajstić information content (AvgIpc) is 2.34. The molecule has 0 fully saturated rings. The van der Waals surface area contributed by atoms with E-state index in [1.807, 2.05) is 0 Å². The maximum atomic E-state index is 5.47. The molecule has 0 radical (unpaired) electrons. The summed E-state index contributed by atoms with van der Waals surface area (Å²) in [6, 6.07) is 0. The third kappa shape index (κ3) is 2.28. The number of hydrogen-bond acceptors (Lipinski definition) is 3. The molecule has 0 aliphatic carbocycles. The van der Waals surface area contributed by atoms with Crippen LogP contribution in [0.4, 0.5) is 0 Å². The van der Waals surface area contributed by atoms with E-state index < -0.39 is 0 Å². The predicted octanol–water partition coefficient (Wildman–Crippen LogP) is 1.71. The van der Waals surface area contributed by atoms with Gasteiger partial charge in [-0.05, 0) is 12.8 Å². The molecule has 0 aliphatic heterocycles. The zero-order valence-corrected chi connectivity index (χ0v) is 6.45. The van der Waals surface area contributed by atoms with Gasteiger partial charge in [0.15, 0.2) is 0 Å². The molecule has 0 amide bonds. The van der Waals surface area contributed by atoms with Crippen molar-refractivity contribution in [2.45, 2.75) is 12.8 Å². The zero-order valence-electron chi connectivity index (χ0n) is 4.88. The largest absolute Gasteiger partial charge is 0.181 e. The molecule has 50 valence electrons. The molecule has 0 unspecified atom stereocenters. The molecule has 4 heteroatoms. The molecule has 0 saturated carbocycles. The Hall–Kier alpha value is -0.150. The van der Waals surface area contributed by atoms with Crippen LogP contribution in [0.25, 0.3) is 0 Å². The SMILES string of the molecule is ClCCCc1cnsn1. The number of aryl methyl sites for hydroxylation is 1. The minimum atomic E-state index is 0.706. The fourth-order valence-electron chi connectivity index (χ4n) is 0.542. The Morgan fingerprint density at radius 1 is 1.67 bits per heavy atom. The van der Waals surface area contributed by atoms with E-state index >= 15 is 0 Å². The van der Waals surface area contributed by atoms with Gasteiger partial charge in [0.25, 0.3) is 0 Å². The van der Waals surface area contributed by atoms with Gasteiger partial charge in [-0.1, -0.05) is 0 Å². The van der Waals surface area contributed by atoms with Crippen LogP contribution in [0, 0.1) is 0 Å². The highest BCUT2D eigenvalue weighted by molar-refractivity contribution is 6.99. The van der Waals surface area contributed by atoms with Crippen LogP contribution in [0.2, 0.25) is 0 Å². The van der Waals surface area contributed by atoms with Gasteiger partial charge in [-0.3, -0.25) is 0 Å². The Morgan fingerprint density at radius 3 is 3.11 bits per heavy atom. The summed E-state index contributed by atoms with van der Waals surface area (Å²) >= 11 is 6.72. The fourth-order valence-corrected chi connectivity index (χ4v) is 1.14. The van der Waals surface area contributed by atoms with Crippen LogP contribution in [0.15, 0.2) is 6.20 Å². The average molecular weight is 163 g/mol. The summed E-state index contributed by atoms with van der Waals surface area (Å²) in [6.45, 7) is 0. The summed E-state index contributed by atoms with van der Waals surface area (Å²) in [5, 5.41) is 0. The molecule has 0 saturated heterocycles. The monoisotopic (exact) mass is 162 g/mol. The topological polar surface area (TPSA) is 25.8 Å². The molecule has 1 aromatic heterocycles. The Balaban J connectivity index is 2.30. The lowest BCUT2D eigenvalue weighted by atomic mass is 10.3. The summed E-state index contributed by atoms with van der Waals surface area (Å²) in [4.78, 5) is 0. The van der Waals surface area contributed by atoms with E-state index in [2.05, 4.69) is 8.75 Å². The lowest BCUT2D eigenvalue weighted by molar-refractivity contribution is 0.904. The van der Waals surface area contributed by atoms with Gasteiger partial charge in [-0.2, -0.15) is 8.75 Å². The number of alkyl halides is 1. The molecule has 0 bridgehead atoms. The molecule has 0 aromatic carbocycles. The van der Waals surface area contributed by atoms with Crippen molar-refractivity contribution >= 4 is 23.3 Å². The van der Waals surface area contributed by atoms with E-state index in [9.17, 15) is 0 Å². The molecule has 1 heterocycles. The van der Waals surface area contributed by atoms with Crippen molar-refractivity contribution < 1.29 is 0 Å². The van der Waals surface area contributed by atoms with Crippen molar-refractivity contribution in [2.24, 2.45) is 0 Å². The maximum absolute atomic E-state index is 5.47. The molecule has 1 aromatic rings. The van der Waals surface area contributed by atoms with Crippen LogP contribution in [-0.2, 0) is 6.42 Å². The second-order valence-corrected chi connectivity index (χ2v) is 2.63. The highest BCUT2D eigenvalue weighted by Gasteiger charge is 1.93. The second kappa shape index (κ2) is 3.80. The van der Waals surface area contributed by atoms with E-state index in [1.54, 1.807) is 6.20 Å². The van der Waals surface area contributed by atoms with Gasteiger partial charge >= 0.3 is 0 Å². The van der Waals surface area contributed by atoms with Gasteiger partial charge in [-0.25, -0.2) is 0 Å². The first kappa shape index (κ1) is 6.96. The maximum Gasteiger partial charge on any atom is 0.0743 e. The normalized spacial score (nSPS) is 9.89. The molecule has 9 heavy (non-hydrogen) atoms. The number of halogens is 1. The number of rotatable bonds is 3. The van der Waals surface area contributed by atoms with Crippen molar-refractivity contribution in [3.05, 3.63) is 11.9 Å². The smallest absolute Gasteiger partial charge is 0.0743 e. The molecular weight excluding hydrogens is 156 g/mol. The van der Waals surface area contributed by atoms with Crippen molar-refractivity contribution in [1.29, 1.82) is 0 Å². The molecule has 1 rings (SSSR count). The van der Waals surface area contributed by atoms with Gasteiger partial charge in [0.2, 0.25) is 0 Å². The summed E-state index contributed by atoms with van der Waals surface area (Å²) < 4.78 is 7.89. The molecule has 0 spiro atoms. The first-order valence-electron chi connectivity index (χ1n) is 2.76. The Morgan fingerprint density at radius 2 is 2.56 bits per heavy atom. The summed E-state index contributed by atoms with van der Waals surface area (Å²) in [5.74, 6) is 0.706. The minimum Gasteiger partial charge on any atom is -0.181 e. The molecule has 0 atom stereocenters. The highest BCUT2D eigenvalue weighted by atomic mass is 35.5. The van der Waals surface area contributed by atoms with Gasteiger partial charge in [0.05, 0.1) is 23.6 Å². The lowest BCUT2D eigenvalue weighted by Gasteiger charge is -1.87. The van der Waals surface area contributed by atoms with Gasteiger partial charge in [-0.15, -0.1) is 11.6 Å². The second-order valence-electron chi connectivity index (χ2n) is 1.69. The molecule has 0 aliphatic rings. The summed E-state index contributed by atoms with van der Waals surface area (Å²) in [5.41, 5.74) is 1.06. The van der Waals surface area contributed by atoms with Crippen LogP contribution in [-0.4, -0.2) is 14.6 Å². The molecular formula is C5H7ClN2S. The third-order valence-corrected chi connectivity index (χ3v) is 1.76. The third-order valence-electron chi connectivity index (χ3n) is 0.973.